The van der Waals surface area contributed by atoms with Gasteiger partial charge in [-0.3, -0.25) is 9.30 Å². The van der Waals surface area contributed by atoms with Crippen LogP contribution in [0.15, 0.2) is 25.3 Å². The van der Waals surface area contributed by atoms with Crippen LogP contribution in [0.3, 0.4) is 0 Å². The van der Waals surface area contributed by atoms with Crippen LogP contribution in [0, 0.1) is 0 Å². The minimum atomic E-state index is -2.03. The molecule has 0 spiro atoms. The van der Waals surface area contributed by atoms with E-state index in [1.165, 1.54) is 6.92 Å². The van der Waals surface area contributed by atoms with E-state index in [4.69, 9.17) is 28.4 Å². The van der Waals surface area contributed by atoms with Crippen LogP contribution < -0.4 is 0 Å². The molecular weight excluding hydrogens is 427 g/mol. The largest absolute Gasteiger partial charge is 0.433 e. The van der Waals surface area contributed by atoms with Gasteiger partial charge in [-0.05, 0) is 19.8 Å². The lowest BCUT2D eigenvalue weighted by atomic mass is 10.2. The number of hydrogen-bond acceptors (Lipinski definition) is 9. The number of esters is 2. The molecular formula is C21H35O9P. The summed E-state index contributed by atoms with van der Waals surface area (Å²) in [5.74, 6) is -3.23. The van der Waals surface area contributed by atoms with Crippen molar-refractivity contribution in [3.8, 4) is 0 Å². The van der Waals surface area contributed by atoms with Gasteiger partial charge < -0.3 is 23.7 Å². The topological polar surface area (TPSA) is 107 Å². The molecule has 4 unspecified atom stereocenters. The Bertz CT molecular complexity index is 597. The molecule has 0 saturated heterocycles. The van der Waals surface area contributed by atoms with Gasteiger partial charge in [-0.15, -0.1) is 0 Å². The molecule has 0 radical (unpaired) electrons. The van der Waals surface area contributed by atoms with E-state index in [0.717, 1.165) is 12.2 Å². The SMILES string of the molecule is C=CC(=O)OC(CC)OC(C)(OCCC)C(OCCC)(OC(CC)OC(=O)C=C)P=O. The molecule has 0 aromatic carbocycles. The van der Waals surface area contributed by atoms with Gasteiger partial charge in [-0.25, -0.2) is 9.59 Å². The molecule has 0 aliphatic carbocycles. The Morgan fingerprint density at radius 3 is 1.71 bits per heavy atom. The average Bonchev–Trinajstić information content (AvgIpc) is 2.78. The monoisotopic (exact) mass is 462 g/mol. The van der Waals surface area contributed by atoms with Crippen molar-refractivity contribution in [2.24, 2.45) is 0 Å². The van der Waals surface area contributed by atoms with Crippen molar-refractivity contribution < 1.29 is 42.6 Å². The van der Waals surface area contributed by atoms with E-state index < -0.39 is 44.3 Å². The van der Waals surface area contributed by atoms with Gasteiger partial charge in [0.25, 0.3) is 0 Å². The third-order valence-electron chi connectivity index (χ3n) is 3.92. The minimum Gasteiger partial charge on any atom is -0.433 e. The number of ether oxygens (including phenoxy) is 6. The van der Waals surface area contributed by atoms with E-state index in [0.29, 0.717) is 12.8 Å². The summed E-state index contributed by atoms with van der Waals surface area (Å²) < 4.78 is 46.5. The lowest BCUT2D eigenvalue weighted by Crippen LogP contribution is -2.59. The summed E-state index contributed by atoms with van der Waals surface area (Å²) in [7, 11) is -0.646. The first-order chi connectivity index (χ1) is 14.7. The molecule has 178 valence electrons. The summed E-state index contributed by atoms with van der Waals surface area (Å²) >= 11 is 0. The van der Waals surface area contributed by atoms with E-state index in [1.54, 1.807) is 13.8 Å². The van der Waals surface area contributed by atoms with Crippen LogP contribution in [0.1, 0.15) is 60.3 Å². The number of carbonyl (C=O) groups excluding carboxylic acids is 2. The van der Waals surface area contributed by atoms with Gasteiger partial charge in [0.2, 0.25) is 26.8 Å². The van der Waals surface area contributed by atoms with Crippen molar-refractivity contribution in [2.75, 3.05) is 13.2 Å². The van der Waals surface area contributed by atoms with Crippen LogP contribution in [0.4, 0.5) is 0 Å². The Morgan fingerprint density at radius 2 is 1.32 bits per heavy atom. The predicted molar refractivity (Wildman–Crippen MR) is 114 cm³/mol. The van der Waals surface area contributed by atoms with E-state index in [9.17, 15) is 14.2 Å². The summed E-state index contributed by atoms with van der Waals surface area (Å²) in [4.78, 5) is 23.4. The van der Waals surface area contributed by atoms with Crippen molar-refractivity contribution in [1.82, 2.24) is 0 Å². The lowest BCUT2D eigenvalue weighted by molar-refractivity contribution is -0.411. The first kappa shape index (κ1) is 29.4. The van der Waals surface area contributed by atoms with Crippen LogP contribution in [0.2, 0.25) is 0 Å². The molecule has 10 heteroatoms. The maximum absolute atomic E-state index is 12.5. The summed E-state index contributed by atoms with van der Waals surface area (Å²) in [5.41, 5.74) is -2.03. The predicted octanol–water partition coefficient (Wildman–Crippen LogP) is 4.47. The molecule has 0 saturated carbocycles. The summed E-state index contributed by atoms with van der Waals surface area (Å²) in [6, 6.07) is 0. The summed E-state index contributed by atoms with van der Waals surface area (Å²) in [6.07, 6.45) is 1.43. The summed E-state index contributed by atoms with van der Waals surface area (Å²) in [6.45, 7) is 15.7. The number of rotatable bonds is 18. The zero-order valence-corrected chi connectivity index (χ0v) is 20.0. The molecule has 9 nitrogen and oxygen atoms in total. The summed E-state index contributed by atoms with van der Waals surface area (Å²) in [5, 5.41) is 0. The maximum atomic E-state index is 12.5. The molecule has 0 fully saturated rings. The highest BCUT2D eigenvalue weighted by Gasteiger charge is 2.58. The van der Waals surface area contributed by atoms with Gasteiger partial charge in [0.05, 0.1) is 13.2 Å². The van der Waals surface area contributed by atoms with Crippen LogP contribution in [0.25, 0.3) is 0 Å². The van der Waals surface area contributed by atoms with Gasteiger partial charge in [0, 0.05) is 25.0 Å². The maximum Gasteiger partial charge on any atom is 0.332 e. The second kappa shape index (κ2) is 15.2. The molecule has 0 N–H and O–H groups in total. The Kier molecular flexibility index (Phi) is 14.4. The third kappa shape index (κ3) is 9.17. The standard InChI is InChI=1S/C21H35O9P/c1-8-14-25-20(7,29-18(12-5)27-16(22)10-3)21(31-24,26-15-9-2)30-19(13-6)28-17(23)11-4/h10-11,18-19H,3-4,8-9,12-15H2,1-2,5-7H3. The second-order valence-electron chi connectivity index (χ2n) is 6.51. The molecule has 0 rings (SSSR count). The highest BCUT2D eigenvalue weighted by atomic mass is 31.1. The Balaban J connectivity index is 6.20. The van der Waals surface area contributed by atoms with Crippen molar-refractivity contribution in [1.29, 1.82) is 0 Å². The van der Waals surface area contributed by atoms with Gasteiger partial charge in [-0.1, -0.05) is 40.9 Å². The fourth-order valence-electron chi connectivity index (χ4n) is 2.31. The fraction of sp³-hybridized carbons (Fsp3) is 0.714. The molecule has 0 heterocycles. The first-order valence-electron chi connectivity index (χ1n) is 10.3. The van der Waals surface area contributed by atoms with Crippen molar-refractivity contribution in [3.63, 3.8) is 0 Å². The normalized spacial score (nSPS) is 17.1. The molecule has 0 bridgehead atoms. The van der Waals surface area contributed by atoms with E-state index in [1.807, 2.05) is 13.8 Å². The fourth-order valence-corrected chi connectivity index (χ4v) is 2.89. The molecule has 0 aromatic rings. The highest BCUT2D eigenvalue weighted by molar-refractivity contribution is 7.25. The van der Waals surface area contributed by atoms with Gasteiger partial charge in [0.1, 0.15) is 0 Å². The first-order valence-corrected chi connectivity index (χ1v) is 11.2. The molecule has 0 aliphatic heterocycles. The molecule has 0 aromatic heterocycles. The zero-order valence-electron chi connectivity index (χ0n) is 19.1. The Morgan fingerprint density at radius 1 is 0.871 bits per heavy atom. The zero-order chi connectivity index (χ0) is 23.9. The van der Waals surface area contributed by atoms with Gasteiger partial charge in [-0.2, -0.15) is 0 Å². The molecule has 0 amide bonds. The van der Waals surface area contributed by atoms with Crippen LogP contribution in [-0.2, 0) is 42.6 Å². The Hall–Kier alpha value is -1.64. The van der Waals surface area contributed by atoms with E-state index >= 15 is 0 Å². The van der Waals surface area contributed by atoms with Crippen molar-refractivity contribution >= 4 is 20.4 Å². The average molecular weight is 462 g/mol. The number of carbonyl (C=O) groups is 2. The Labute approximate surface area is 186 Å². The molecule has 0 aliphatic rings. The molecule has 4 atom stereocenters. The second-order valence-corrected chi connectivity index (χ2v) is 7.28. The van der Waals surface area contributed by atoms with Crippen molar-refractivity contribution in [3.05, 3.63) is 25.3 Å². The smallest absolute Gasteiger partial charge is 0.332 e. The minimum absolute atomic E-state index is 0.138. The van der Waals surface area contributed by atoms with Crippen LogP contribution >= 0.6 is 8.46 Å². The lowest BCUT2D eigenvalue weighted by Gasteiger charge is -2.44. The highest BCUT2D eigenvalue weighted by Crippen LogP contribution is 2.44. The van der Waals surface area contributed by atoms with Crippen LogP contribution in [0.5, 0.6) is 0 Å². The van der Waals surface area contributed by atoms with Gasteiger partial charge >= 0.3 is 17.5 Å². The molecule has 31 heavy (non-hydrogen) atoms. The third-order valence-corrected chi connectivity index (χ3v) is 4.80. The number of hydrogen-bond donors (Lipinski definition) is 0. The van der Waals surface area contributed by atoms with Crippen LogP contribution in [-0.4, -0.2) is 49.0 Å². The quantitative estimate of drug-likeness (QED) is 0.126. The van der Waals surface area contributed by atoms with E-state index in [2.05, 4.69) is 13.2 Å². The van der Waals surface area contributed by atoms with E-state index in [-0.39, 0.29) is 26.1 Å². The van der Waals surface area contributed by atoms with Crippen molar-refractivity contribution in [2.45, 2.75) is 84.2 Å². The van der Waals surface area contributed by atoms with Gasteiger partial charge in [0.15, 0.2) is 0 Å².